The van der Waals surface area contributed by atoms with Gasteiger partial charge in [0.05, 0.1) is 5.69 Å². The number of aryl methyl sites for hydroxylation is 1. The van der Waals surface area contributed by atoms with Crippen LogP contribution in [0.5, 0.6) is 5.75 Å². The van der Waals surface area contributed by atoms with Crippen LogP contribution in [0.2, 0.25) is 0 Å². The van der Waals surface area contributed by atoms with Crippen molar-refractivity contribution < 1.29 is 9.90 Å². The number of hydrogen-bond donors (Lipinski definition) is 1. The molecule has 0 radical (unpaired) electrons. The highest BCUT2D eigenvalue weighted by Crippen LogP contribution is 2.19. The summed E-state index contributed by atoms with van der Waals surface area (Å²) in [4.78, 5) is 37.4. The van der Waals surface area contributed by atoms with Gasteiger partial charge in [0.15, 0.2) is 11.4 Å². The molecule has 1 fully saturated rings. The number of nitrogens with zero attached hydrogens (tertiary/aromatic N) is 6. The predicted molar refractivity (Wildman–Crippen MR) is 114 cm³/mol. The molecule has 0 aliphatic carbocycles. The van der Waals surface area contributed by atoms with Crippen LogP contribution in [0.15, 0.2) is 52.0 Å². The van der Waals surface area contributed by atoms with E-state index < -0.39 is 17.2 Å². The number of aromatic nitrogens is 4. The van der Waals surface area contributed by atoms with Crippen LogP contribution in [0.1, 0.15) is 16.2 Å². The van der Waals surface area contributed by atoms with E-state index in [1.54, 1.807) is 29.2 Å². The maximum atomic E-state index is 13.0. The summed E-state index contributed by atoms with van der Waals surface area (Å²) in [5, 5.41) is 14.4. The third-order valence-corrected chi connectivity index (χ3v) is 5.39. The van der Waals surface area contributed by atoms with E-state index in [1.807, 2.05) is 13.0 Å². The lowest BCUT2D eigenvalue weighted by atomic mass is 10.2. The van der Waals surface area contributed by atoms with Gasteiger partial charge in [0.2, 0.25) is 0 Å². The monoisotopic (exact) mass is 470 g/mol. The zero-order chi connectivity index (χ0) is 21.3. The van der Waals surface area contributed by atoms with Crippen LogP contribution < -0.4 is 10.5 Å². The summed E-state index contributed by atoms with van der Waals surface area (Å²) in [5.74, 6) is -0.0246. The number of amides is 1. The van der Waals surface area contributed by atoms with Gasteiger partial charge in [0, 0.05) is 48.5 Å². The molecule has 2 aromatic heterocycles. The Balaban J connectivity index is 1.54. The summed E-state index contributed by atoms with van der Waals surface area (Å²) in [6, 6.07) is 9.86. The van der Waals surface area contributed by atoms with Gasteiger partial charge in [0.1, 0.15) is 12.1 Å². The molecule has 1 aliphatic rings. The fourth-order valence-corrected chi connectivity index (χ4v) is 3.53. The number of rotatable bonds is 3. The van der Waals surface area contributed by atoms with E-state index >= 15 is 0 Å². The lowest BCUT2D eigenvalue weighted by molar-refractivity contribution is 0.0735. The third-order valence-electron chi connectivity index (χ3n) is 4.87. The summed E-state index contributed by atoms with van der Waals surface area (Å²) in [7, 11) is 0. The SMILES string of the molecule is Cc1cc(N2CCN(C(=O)c3nn(-c4ccc(Br)cc4)c(=O)cc3O)CC2)ncn1. The largest absolute Gasteiger partial charge is 0.505 e. The fraction of sp³-hybridized carbons (Fsp3) is 0.250. The molecule has 1 saturated heterocycles. The van der Waals surface area contributed by atoms with Gasteiger partial charge in [-0.2, -0.15) is 9.78 Å². The highest BCUT2D eigenvalue weighted by Gasteiger charge is 2.27. The molecule has 1 N–H and O–H groups in total. The molecule has 1 aliphatic heterocycles. The van der Waals surface area contributed by atoms with Gasteiger partial charge in [-0.05, 0) is 31.2 Å². The van der Waals surface area contributed by atoms with Gasteiger partial charge in [-0.15, -0.1) is 0 Å². The Morgan fingerprint density at radius 1 is 1.07 bits per heavy atom. The predicted octanol–water partition coefficient (Wildman–Crippen LogP) is 1.76. The van der Waals surface area contributed by atoms with Gasteiger partial charge in [0.25, 0.3) is 11.5 Å². The van der Waals surface area contributed by atoms with Crippen molar-refractivity contribution in [2.24, 2.45) is 0 Å². The first-order valence-corrected chi connectivity index (χ1v) is 10.1. The average molecular weight is 471 g/mol. The molecule has 10 heteroatoms. The summed E-state index contributed by atoms with van der Waals surface area (Å²) < 4.78 is 1.96. The molecule has 1 aromatic carbocycles. The summed E-state index contributed by atoms with van der Waals surface area (Å²) in [6.45, 7) is 3.98. The topological polar surface area (TPSA) is 104 Å². The van der Waals surface area contributed by atoms with Crippen LogP contribution in [0.3, 0.4) is 0 Å². The fourth-order valence-electron chi connectivity index (χ4n) is 3.27. The zero-order valence-electron chi connectivity index (χ0n) is 16.2. The number of carbonyl (C=O) groups is 1. The molecule has 3 heterocycles. The first kappa shape index (κ1) is 20.0. The van der Waals surface area contributed by atoms with Crippen molar-refractivity contribution in [3.05, 3.63) is 68.9 Å². The first-order chi connectivity index (χ1) is 14.4. The maximum absolute atomic E-state index is 13.0. The Labute approximate surface area is 180 Å². The van der Waals surface area contributed by atoms with Crippen LogP contribution in [-0.2, 0) is 0 Å². The van der Waals surface area contributed by atoms with Crippen LogP contribution in [0, 0.1) is 6.92 Å². The van der Waals surface area contributed by atoms with Crippen molar-refractivity contribution in [1.29, 1.82) is 0 Å². The van der Waals surface area contributed by atoms with Crippen LogP contribution >= 0.6 is 15.9 Å². The standard InChI is InChI=1S/C20H19BrN6O3/c1-13-10-17(23-12-22-13)25-6-8-26(9-7-25)20(30)19-16(28)11-18(29)27(24-19)15-4-2-14(21)3-5-15/h2-5,10-12,28H,6-9H2,1H3. The number of anilines is 1. The van der Waals surface area contributed by atoms with E-state index in [4.69, 9.17) is 0 Å². The minimum absolute atomic E-state index is 0.149. The van der Waals surface area contributed by atoms with Gasteiger partial charge >= 0.3 is 0 Å². The van der Waals surface area contributed by atoms with Gasteiger partial charge in [-0.1, -0.05) is 15.9 Å². The number of benzene rings is 1. The molecule has 0 spiro atoms. The van der Waals surface area contributed by atoms with E-state index in [-0.39, 0.29) is 5.69 Å². The van der Waals surface area contributed by atoms with Crippen molar-refractivity contribution in [2.45, 2.75) is 6.92 Å². The second-order valence-corrected chi connectivity index (χ2v) is 7.82. The molecule has 1 amide bonds. The zero-order valence-corrected chi connectivity index (χ0v) is 17.8. The number of halogens is 1. The second kappa shape index (κ2) is 8.23. The number of aromatic hydroxyl groups is 1. The van der Waals surface area contributed by atoms with E-state index in [0.717, 1.165) is 26.7 Å². The van der Waals surface area contributed by atoms with Crippen molar-refractivity contribution >= 4 is 27.7 Å². The average Bonchev–Trinajstić information content (AvgIpc) is 2.74. The molecule has 30 heavy (non-hydrogen) atoms. The lowest BCUT2D eigenvalue weighted by Gasteiger charge is -2.35. The van der Waals surface area contributed by atoms with Gasteiger partial charge < -0.3 is 14.9 Å². The summed E-state index contributed by atoms with van der Waals surface area (Å²) in [6.07, 6.45) is 1.52. The highest BCUT2D eigenvalue weighted by molar-refractivity contribution is 9.10. The molecule has 9 nitrogen and oxygen atoms in total. The Bertz CT molecular complexity index is 1140. The van der Waals surface area contributed by atoms with E-state index in [0.29, 0.717) is 31.9 Å². The Hall–Kier alpha value is -3.27. The maximum Gasteiger partial charge on any atom is 0.278 e. The molecule has 0 saturated carbocycles. The quantitative estimate of drug-likeness (QED) is 0.621. The van der Waals surface area contributed by atoms with Crippen molar-refractivity contribution in [1.82, 2.24) is 24.6 Å². The molecule has 0 bridgehead atoms. The normalized spacial score (nSPS) is 14.1. The third kappa shape index (κ3) is 4.04. The Morgan fingerprint density at radius 3 is 2.43 bits per heavy atom. The lowest BCUT2D eigenvalue weighted by Crippen LogP contribution is -2.49. The molecular weight excluding hydrogens is 452 g/mol. The Kier molecular flexibility index (Phi) is 5.49. The Morgan fingerprint density at radius 2 is 1.77 bits per heavy atom. The second-order valence-electron chi connectivity index (χ2n) is 6.90. The minimum Gasteiger partial charge on any atom is -0.505 e. The van der Waals surface area contributed by atoms with E-state index in [1.165, 1.54) is 6.33 Å². The molecule has 0 atom stereocenters. The summed E-state index contributed by atoms with van der Waals surface area (Å²) >= 11 is 3.34. The first-order valence-electron chi connectivity index (χ1n) is 9.34. The van der Waals surface area contributed by atoms with Gasteiger partial charge in [-0.3, -0.25) is 9.59 Å². The van der Waals surface area contributed by atoms with Crippen LogP contribution in [0.25, 0.3) is 5.69 Å². The molecule has 3 aromatic rings. The van der Waals surface area contributed by atoms with E-state index in [9.17, 15) is 14.7 Å². The van der Waals surface area contributed by atoms with Gasteiger partial charge in [-0.25, -0.2) is 9.97 Å². The highest BCUT2D eigenvalue weighted by atomic mass is 79.9. The van der Waals surface area contributed by atoms with Crippen LogP contribution in [-0.4, -0.2) is 61.8 Å². The number of hydrogen-bond acceptors (Lipinski definition) is 7. The van der Waals surface area contributed by atoms with Crippen molar-refractivity contribution in [3.63, 3.8) is 0 Å². The summed E-state index contributed by atoms with van der Waals surface area (Å²) in [5.41, 5.74) is 0.711. The van der Waals surface area contributed by atoms with Crippen LogP contribution in [0.4, 0.5) is 5.82 Å². The van der Waals surface area contributed by atoms with E-state index in [2.05, 4.69) is 35.9 Å². The molecule has 0 unspecified atom stereocenters. The minimum atomic E-state index is -0.518. The number of carbonyl (C=O) groups excluding carboxylic acids is 1. The molecule has 4 rings (SSSR count). The van der Waals surface area contributed by atoms with Crippen molar-refractivity contribution in [2.75, 3.05) is 31.1 Å². The van der Waals surface area contributed by atoms with Crippen molar-refractivity contribution in [3.8, 4) is 11.4 Å². The number of piperazine rings is 1. The smallest absolute Gasteiger partial charge is 0.278 e. The molecule has 154 valence electrons. The molecular formula is C20H19BrN6O3.